The third kappa shape index (κ3) is 5.05. The number of carbonyl (C=O) groups is 1. The van der Waals surface area contributed by atoms with E-state index in [1.807, 2.05) is 61.0 Å². The van der Waals surface area contributed by atoms with Crippen molar-refractivity contribution in [2.75, 3.05) is 13.2 Å². The molecular formula is C31H32Cl2N4O3. The zero-order valence-electron chi connectivity index (χ0n) is 22.6. The summed E-state index contributed by atoms with van der Waals surface area (Å²) in [4.78, 5) is 12.7. The summed E-state index contributed by atoms with van der Waals surface area (Å²) in [6, 6.07) is 17.8. The maximum atomic E-state index is 12.7. The first-order valence-electron chi connectivity index (χ1n) is 13.3. The molecule has 0 atom stereocenters. The fraction of sp³-hybridized carbons (Fsp3) is 0.290. The molecule has 2 heterocycles. The number of ether oxygens (including phenoxy) is 1. The van der Waals surface area contributed by atoms with Crippen LogP contribution in [0.15, 0.2) is 54.6 Å². The molecule has 3 aromatic carbocycles. The highest BCUT2D eigenvalue weighted by molar-refractivity contribution is 6.35. The van der Waals surface area contributed by atoms with Crippen LogP contribution in [0.5, 0.6) is 5.75 Å². The highest BCUT2D eigenvalue weighted by atomic mass is 35.5. The Kier molecular flexibility index (Phi) is 8.35. The van der Waals surface area contributed by atoms with E-state index in [0.717, 1.165) is 49.8 Å². The number of carboxylic acid groups (broad SMARTS) is 1. The van der Waals surface area contributed by atoms with Gasteiger partial charge in [-0.15, -0.1) is 11.6 Å². The molecule has 40 heavy (non-hydrogen) atoms. The van der Waals surface area contributed by atoms with Gasteiger partial charge in [0.15, 0.2) is 0 Å². The summed E-state index contributed by atoms with van der Waals surface area (Å²) in [6.07, 6.45) is 1.78. The van der Waals surface area contributed by atoms with Crippen LogP contribution in [0.2, 0.25) is 5.02 Å². The first-order valence-corrected chi connectivity index (χ1v) is 14.2. The molecule has 0 saturated carbocycles. The highest BCUT2D eigenvalue weighted by Gasteiger charge is 2.28. The number of hydrogen-bond donors (Lipinski definition) is 2. The molecular weight excluding hydrogens is 547 g/mol. The van der Waals surface area contributed by atoms with Crippen LogP contribution in [-0.4, -0.2) is 38.6 Å². The molecule has 0 aliphatic carbocycles. The van der Waals surface area contributed by atoms with Gasteiger partial charge in [-0.3, -0.25) is 4.68 Å². The van der Waals surface area contributed by atoms with Gasteiger partial charge in [0.25, 0.3) is 0 Å². The van der Waals surface area contributed by atoms with E-state index in [1.54, 1.807) is 4.68 Å². The molecule has 9 heteroatoms. The van der Waals surface area contributed by atoms with Crippen molar-refractivity contribution in [3.05, 3.63) is 82.3 Å². The van der Waals surface area contributed by atoms with E-state index in [1.165, 1.54) is 0 Å². The minimum absolute atomic E-state index is 0.206. The molecule has 0 aliphatic heterocycles. The minimum atomic E-state index is -0.985. The molecule has 5 aromatic rings. The number of fused-ring (bicyclic) bond motifs is 2. The van der Waals surface area contributed by atoms with E-state index < -0.39 is 5.97 Å². The number of hydrogen-bond acceptors (Lipinski definition) is 4. The number of aryl methyl sites for hydroxylation is 3. The SMILES string of the molecule is Cc1c(-c2c(Cl)ccc3c(CCCOc4cccc5ccccc45)c(C(=O)O)n(CCCN)c23)c(CCl)nn1C. The van der Waals surface area contributed by atoms with Gasteiger partial charge in [-0.25, -0.2) is 4.79 Å². The van der Waals surface area contributed by atoms with Crippen molar-refractivity contribution in [1.29, 1.82) is 0 Å². The molecule has 0 radical (unpaired) electrons. The summed E-state index contributed by atoms with van der Waals surface area (Å²) in [6.45, 7) is 3.29. The van der Waals surface area contributed by atoms with E-state index in [2.05, 4.69) is 17.2 Å². The van der Waals surface area contributed by atoms with Crippen molar-refractivity contribution in [2.45, 2.75) is 38.6 Å². The number of aromatic nitrogens is 3. The van der Waals surface area contributed by atoms with Crippen molar-refractivity contribution in [3.63, 3.8) is 0 Å². The Hall–Kier alpha value is -3.52. The monoisotopic (exact) mass is 578 g/mol. The molecule has 5 rings (SSSR count). The normalized spacial score (nSPS) is 11.5. The van der Waals surface area contributed by atoms with Crippen LogP contribution in [-0.2, 0) is 25.9 Å². The molecule has 0 amide bonds. The van der Waals surface area contributed by atoms with Crippen LogP contribution in [0.3, 0.4) is 0 Å². The quantitative estimate of drug-likeness (QED) is 0.130. The maximum Gasteiger partial charge on any atom is 0.352 e. The lowest BCUT2D eigenvalue weighted by atomic mass is 9.98. The van der Waals surface area contributed by atoms with Crippen LogP contribution < -0.4 is 10.5 Å². The predicted molar refractivity (Wildman–Crippen MR) is 162 cm³/mol. The summed E-state index contributed by atoms with van der Waals surface area (Å²) in [5.41, 5.74) is 10.8. The maximum absolute atomic E-state index is 12.7. The second-order valence-corrected chi connectivity index (χ2v) is 10.5. The van der Waals surface area contributed by atoms with Gasteiger partial charge in [0.1, 0.15) is 11.4 Å². The molecule has 2 aromatic heterocycles. The van der Waals surface area contributed by atoms with E-state index in [0.29, 0.717) is 49.7 Å². The fourth-order valence-corrected chi connectivity index (χ4v) is 5.98. The Morgan fingerprint density at radius 3 is 2.58 bits per heavy atom. The molecule has 0 bridgehead atoms. The number of benzene rings is 3. The van der Waals surface area contributed by atoms with Crippen molar-refractivity contribution < 1.29 is 14.6 Å². The number of halogens is 2. The summed E-state index contributed by atoms with van der Waals surface area (Å²) in [5.74, 6) is 0.0367. The van der Waals surface area contributed by atoms with Gasteiger partial charge in [-0.05, 0) is 55.8 Å². The number of nitrogens with zero attached hydrogens (tertiary/aromatic N) is 3. The molecule has 0 aliphatic rings. The van der Waals surface area contributed by atoms with Crippen molar-refractivity contribution in [1.82, 2.24) is 14.3 Å². The molecule has 0 spiro atoms. The van der Waals surface area contributed by atoms with Crippen molar-refractivity contribution >= 4 is 50.8 Å². The molecule has 0 fully saturated rings. The highest BCUT2D eigenvalue weighted by Crippen LogP contribution is 2.42. The van der Waals surface area contributed by atoms with E-state index in [9.17, 15) is 9.90 Å². The second-order valence-electron chi connectivity index (χ2n) is 9.84. The average Bonchev–Trinajstić information content (AvgIpc) is 3.42. The zero-order valence-corrected chi connectivity index (χ0v) is 24.1. The van der Waals surface area contributed by atoms with Crippen LogP contribution in [0.1, 0.15) is 40.3 Å². The Bertz CT molecular complexity index is 1700. The molecule has 0 saturated heterocycles. The molecule has 0 unspecified atom stereocenters. The van der Waals surface area contributed by atoms with Crippen molar-refractivity contribution in [3.8, 4) is 16.9 Å². The van der Waals surface area contributed by atoms with Crippen molar-refractivity contribution in [2.24, 2.45) is 12.8 Å². The average molecular weight is 580 g/mol. The lowest BCUT2D eigenvalue weighted by molar-refractivity contribution is 0.0684. The number of rotatable bonds is 11. The van der Waals surface area contributed by atoms with E-state index in [4.69, 9.17) is 33.7 Å². The fourth-order valence-electron chi connectivity index (χ4n) is 5.55. The van der Waals surface area contributed by atoms with Gasteiger partial charge in [0.05, 0.1) is 28.7 Å². The van der Waals surface area contributed by atoms with Gasteiger partial charge in [0, 0.05) is 41.2 Å². The minimum Gasteiger partial charge on any atom is -0.493 e. The largest absolute Gasteiger partial charge is 0.493 e. The van der Waals surface area contributed by atoms with E-state index in [-0.39, 0.29) is 11.6 Å². The molecule has 3 N–H and O–H groups in total. The Morgan fingerprint density at radius 1 is 1.05 bits per heavy atom. The van der Waals surface area contributed by atoms with Crippen LogP contribution in [0.25, 0.3) is 32.8 Å². The summed E-state index contributed by atoms with van der Waals surface area (Å²) in [7, 11) is 1.86. The van der Waals surface area contributed by atoms with E-state index >= 15 is 0 Å². The smallest absolute Gasteiger partial charge is 0.352 e. The first-order chi connectivity index (χ1) is 19.4. The standard InChI is InChI=1S/C31H32Cl2N4O3/c1-19-27(25(18-32)35-36(19)2)28-24(33)14-13-23-22(30(31(38)39)37(29(23)28)16-7-15-34)11-6-17-40-26-12-5-9-20-8-3-4-10-21(20)26/h3-5,8-10,12-14H,6-7,11,15-18,34H2,1-2H3,(H,38,39). The summed E-state index contributed by atoms with van der Waals surface area (Å²) < 4.78 is 9.80. The van der Waals surface area contributed by atoms with Gasteiger partial charge >= 0.3 is 5.97 Å². The Morgan fingerprint density at radius 2 is 1.82 bits per heavy atom. The third-order valence-electron chi connectivity index (χ3n) is 7.43. The molecule has 7 nitrogen and oxygen atoms in total. The van der Waals surface area contributed by atoms with Crippen LogP contribution in [0.4, 0.5) is 0 Å². The number of aromatic carboxylic acids is 1. The number of alkyl halides is 1. The number of nitrogens with two attached hydrogens (primary N) is 1. The summed E-state index contributed by atoms with van der Waals surface area (Å²) >= 11 is 13.2. The first kappa shape index (κ1) is 28.0. The number of carboxylic acids is 1. The third-order valence-corrected chi connectivity index (χ3v) is 8.00. The lowest BCUT2D eigenvalue weighted by Crippen LogP contribution is -2.14. The predicted octanol–water partition coefficient (Wildman–Crippen LogP) is 6.95. The Balaban J connectivity index is 1.58. The lowest BCUT2D eigenvalue weighted by Gasteiger charge is -2.13. The van der Waals surface area contributed by atoms with Crippen LogP contribution in [0, 0.1) is 6.92 Å². The zero-order chi connectivity index (χ0) is 28.4. The van der Waals surface area contributed by atoms with Gasteiger partial charge in [-0.1, -0.05) is 54.1 Å². The van der Waals surface area contributed by atoms with Gasteiger partial charge < -0.3 is 20.1 Å². The van der Waals surface area contributed by atoms with Gasteiger partial charge in [-0.2, -0.15) is 5.10 Å². The van der Waals surface area contributed by atoms with Crippen LogP contribution >= 0.6 is 23.2 Å². The topological polar surface area (TPSA) is 95.3 Å². The summed E-state index contributed by atoms with van der Waals surface area (Å²) in [5, 5.41) is 18.6. The molecule has 208 valence electrons. The second kappa shape index (κ2) is 11.9. The Labute approximate surface area is 243 Å². The van der Waals surface area contributed by atoms with Gasteiger partial charge in [0.2, 0.25) is 0 Å².